The van der Waals surface area contributed by atoms with Gasteiger partial charge in [0.2, 0.25) is 17.4 Å². The van der Waals surface area contributed by atoms with Crippen LogP contribution in [0, 0.1) is 11.3 Å². The lowest BCUT2D eigenvalue weighted by Gasteiger charge is -2.27. The second-order valence-corrected chi connectivity index (χ2v) is 6.32. The lowest BCUT2D eigenvalue weighted by molar-refractivity contribution is -0.139. The molecule has 0 saturated carbocycles. The van der Waals surface area contributed by atoms with E-state index < -0.39 is 17.7 Å². The molecule has 1 aromatic heterocycles. The standard InChI is InChI=1S/C19H14N2O4S/c1-24-19(23)17-15(16(22)13-8-5-9-26-13)14(11-6-3-2-4-7-11)12(10-20)18(21)25-17/h2-9,14H,21H2,1H3/t14-/m0/s1. The van der Waals surface area contributed by atoms with E-state index in [1.807, 2.05) is 12.1 Å². The first kappa shape index (κ1) is 17.5. The molecule has 2 heterocycles. The molecule has 0 radical (unpaired) electrons. The molecule has 0 fully saturated rings. The number of esters is 1. The number of thiophene rings is 1. The summed E-state index contributed by atoms with van der Waals surface area (Å²) in [6, 6.07) is 14.3. The fourth-order valence-corrected chi connectivity index (χ4v) is 3.43. The van der Waals surface area contributed by atoms with Gasteiger partial charge < -0.3 is 15.2 Å². The summed E-state index contributed by atoms with van der Waals surface area (Å²) in [5, 5.41) is 11.3. The molecule has 2 N–H and O–H groups in total. The van der Waals surface area contributed by atoms with Crippen molar-refractivity contribution in [3.8, 4) is 6.07 Å². The van der Waals surface area contributed by atoms with Gasteiger partial charge >= 0.3 is 5.97 Å². The zero-order chi connectivity index (χ0) is 18.7. The molecule has 3 rings (SSSR count). The van der Waals surface area contributed by atoms with E-state index in [4.69, 9.17) is 15.2 Å². The number of hydrogen-bond acceptors (Lipinski definition) is 7. The summed E-state index contributed by atoms with van der Waals surface area (Å²) in [5.74, 6) is -2.57. The summed E-state index contributed by atoms with van der Waals surface area (Å²) in [7, 11) is 1.18. The topological polar surface area (TPSA) is 102 Å². The Labute approximate surface area is 153 Å². The highest BCUT2D eigenvalue weighted by molar-refractivity contribution is 7.12. The quantitative estimate of drug-likeness (QED) is 0.659. The van der Waals surface area contributed by atoms with E-state index in [9.17, 15) is 14.9 Å². The van der Waals surface area contributed by atoms with E-state index in [1.165, 1.54) is 18.4 Å². The van der Waals surface area contributed by atoms with Crippen molar-refractivity contribution in [3.05, 3.63) is 81.1 Å². The number of Topliss-reactive ketones (excluding diaryl/α,β-unsaturated/α-hetero) is 1. The summed E-state index contributed by atoms with van der Waals surface area (Å²) >= 11 is 1.23. The zero-order valence-corrected chi connectivity index (χ0v) is 14.6. The van der Waals surface area contributed by atoms with Crippen LogP contribution in [0.4, 0.5) is 0 Å². The third-order valence-electron chi connectivity index (χ3n) is 3.91. The number of ether oxygens (including phenoxy) is 2. The van der Waals surface area contributed by atoms with E-state index in [0.717, 1.165) is 0 Å². The second kappa shape index (κ2) is 7.25. The van der Waals surface area contributed by atoms with Crippen LogP contribution in [0.2, 0.25) is 0 Å². The Morgan fingerprint density at radius 2 is 1.96 bits per heavy atom. The van der Waals surface area contributed by atoms with Gasteiger partial charge in [-0.05, 0) is 17.0 Å². The average molecular weight is 366 g/mol. The molecule has 1 aromatic carbocycles. The van der Waals surface area contributed by atoms with Crippen LogP contribution in [-0.4, -0.2) is 18.9 Å². The van der Waals surface area contributed by atoms with Crippen LogP contribution in [0.3, 0.4) is 0 Å². The lowest BCUT2D eigenvalue weighted by atomic mass is 9.81. The fourth-order valence-electron chi connectivity index (χ4n) is 2.76. The fraction of sp³-hybridized carbons (Fsp3) is 0.105. The number of carbonyl (C=O) groups excluding carboxylic acids is 2. The van der Waals surface area contributed by atoms with Gasteiger partial charge in [-0.3, -0.25) is 4.79 Å². The van der Waals surface area contributed by atoms with Gasteiger partial charge in [-0.15, -0.1) is 11.3 Å². The molecule has 2 aromatic rings. The highest BCUT2D eigenvalue weighted by atomic mass is 32.1. The Hall–Kier alpha value is -3.37. The summed E-state index contributed by atoms with van der Waals surface area (Å²) in [6.45, 7) is 0. The predicted molar refractivity (Wildman–Crippen MR) is 94.8 cm³/mol. The maximum atomic E-state index is 13.1. The van der Waals surface area contributed by atoms with Crippen LogP contribution in [0.1, 0.15) is 21.2 Å². The third kappa shape index (κ3) is 2.98. The van der Waals surface area contributed by atoms with Crippen molar-refractivity contribution < 1.29 is 19.1 Å². The predicted octanol–water partition coefficient (Wildman–Crippen LogP) is 2.87. The second-order valence-electron chi connectivity index (χ2n) is 5.38. The summed E-state index contributed by atoms with van der Waals surface area (Å²) in [4.78, 5) is 25.8. The summed E-state index contributed by atoms with van der Waals surface area (Å²) < 4.78 is 10.1. The van der Waals surface area contributed by atoms with E-state index in [-0.39, 0.29) is 22.8 Å². The Kier molecular flexibility index (Phi) is 4.87. The van der Waals surface area contributed by atoms with E-state index in [0.29, 0.717) is 10.4 Å². The zero-order valence-electron chi connectivity index (χ0n) is 13.8. The normalized spacial score (nSPS) is 16.7. The smallest absolute Gasteiger partial charge is 0.374 e. The first-order chi connectivity index (χ1) is 12.6. The van der Waals surface area contributed by atoms with Gasteiger partial charge in [-0.25, -0.2) is 4.79 Å². The molecular weight excluding hydrogens is 352 g/mol. The molecule has 26 heavy (non-hydrogen) atoms. The van der Waals surface area contributed by atoms with Gasteiger partial charge in [0.15, 0.2) is 0 Å². The van der Waals surface area contributed by atoms with Crippen LogP contribution in [-0.2, 0) is 14.3 Å². The van der Waals surface area contributed by atoms with Gasteiger partial charge in [0.1, 0.15) is 11.6 Å². The molecule has 1 aliphatic heterocycles. The highest BCUT2D eigenvalue weighted by Crippen LogP contribution is 2.41. The van der Waals surface area contributed by atoms with Gasteiger partial charge in [-0.1, -0.05) is 36.4 Å². The lowest BCUT2D eigenvalue weighted by Crippen LogP contribution is -2.28. The number of allylic oxidation sites excluding steroid dienone is 2. The first-order valence-corrected chi connectivity index (χ1v) is 8.49. The summed E-state index contributed by atoms with van der Waals surface area (Å²) in [6.07, 6.45) is 0. The van der Waals surface area contributed by atoms with E-state index >= 15 is 0 Å². The number of nitriles is 1. The highest BCUT2D eigenvalue weighted by Gasteiger charge is 2.40. The minimum Gasteiger partial charge on any atom is -0.463 e. The number of rotatable bonds is 4. The van der Waals surface area contributed by atoms with E-state index in [1.54, 1.807) is 41.8 Å². The van der Waals surface area contributed by atoms with Gasteiger partial charge in [0.25, 0.3) is 0 Å². The van der Waals surface area contributed by atoms with Crippen LogP contribution in [0.15, 0.2) is 70.6 Å². The van der Waals surface area contributed by atoms with Crippen molar-refractivity contribution in [1.82, 2.24) is 0 Å². The minimum absolute atomic E-state index is 0.0382. The molecular formula is C19H14N2O4S. The van der Waals surface area contributed by atoms with Crippen molar-refractivity contribution in [2.45, 2.75) is 5.92 Å². The molecule has 1 aliphatic rings. The molecule has 0 aliphatic carbocycles. The van der Waals surface area contributed by atoms with Gasteiger partial charge in [0.05, 0.1) is 23.5 Å². The van der Waals surface area contributed by atoms with Gasteiger partial charge in [0, 0.05) is 0 Å². The molecule has 0 saturated heterocycles. The minimum atomic E-state index is -0.828. The van der Waals surface area contributed by atoms with E-state index in [2.05, 4.69) is 0 Å². The monoisotopic (exact) mass is 366 g/mol. The Morgan fingerprint density at radius 3 is 2.54 bits per heavy atom. The molecule has 0 spiro atoms. The van der Waals surface area contributed by atoms with Gasteiger partial charge in [-0.2, -0.15) is 5.26 Å². The SMILES string of the molecule is COC(=O)C1=C(C(=O)c2cccs2)[C@@H](c2ccccc2)C(C#N)=C(N)O1. The Bertz CT molecular complexity index is 953. The third-order valence-corrected chi connectivity index (χ3v) is 4.78. The van der Waals surface area contributed by atoms with Crippen molar-refractivity contribution in [2.24, 2.45) is 5.73 Å². The maximum Gasteiger partial charge on any atom is 0.374 e. The number of hydrogen-bond donors (Lipinski definition) is 1. The maximum absolute atomic E-state index is 13.1. The number of carbonyl (C=O) groups is 2. The number of ketones is 1. The molecule has 7 heteroatoms. The van der Waals surface area contributed by atoms with Crippen molar-refractivity contribution in [1.29, 1.82) is 5.26 Å². The van der Waals surface area contributed by atoms with Crippen LogP contribution in [0.25, 0.3) is 0 Å². The first-order valence-electron chi connectivity index (χ1n) is 7.61. The molecule has 0 amide bonds. The number of methoxy groups -OCH3 is 1. The molecule has 0 bridgehead atoms. The largest absolute Gasteiger partial charge is 0.463 e. The van der Waals surface area contributed by atoms with Crippen molar-refractivity contribution in [2.75, 3.05) is 7.11 Å². The average Bonchev–Trinajstić information content (AvgIpc) is 3.21. The van der Waals surface area contributed by atoms with Crippen LogP contribution in [0.5, 0.6) is 0 Å². The van der Waals surface area contributed by atoms with Crippen molar-refractivity contribution >= 4 is 23.1 Å². The van der Waals surface area contributed by atoms with Crippen LogP contribution < -0.4 is 5.73 Å². The summed E-state index contributed by atoms with van der Waals surface area (Å²) in [5.41, 5.74) is 6.63. The molecule has 130 valence electrons. The Morgan fingerprint density at radius 1 is 1.23 bits per heavy atom. The molecule has 6 nitrogen and oxygen atoms in total. The number of benzene rings is 1. The molecule has 1 atom stereocenters. The number of nitrogens with zero attached hydrogens (tertiary/aromatic N) is 1. The Balaban J connectivity index is 2.27. The molecule has 0 unspecified atom stereocenters. The number of nitrogens with two attached hydrogens (primary N) is 1. The van der Waals surface area contributed by atoms with Crippen molar-refractivity contribution in [3.63, 3.8) is 0 Å². The van der Waals surface area contributed by atoms with Crippen LogP contribution >= 0.6 is 11.3 Å².